The standard InChI is InChI=1S/C6H8N.ClH.H4N2/c1-7-5-3-2-4-6-7;;1-2/h2-6H,1H3;1H;1-2H2/q+1;;/p-1. The van der Waals surface area contributed by atoms with Crippen LogP contribution in [0.25, 0.3) is 0 Å². The van der Waals surface area contributed by atoms with Gasteiger partial charge in [-0.05, 0) is 0 Å². The van der Waals surface area contributed by atoms with Gasteiger partial charge in [0.05, 0.1) is 0 Å². The Kier molecular flexibility index (Phi) is 10.1. The molecule has 0 aromatic carbocycles. The molecule has 1 rings (SSSR count). The molecule has 10 heavy (non-hydrogen) atoms. The minimum atomic E-state index is 0. The molecule has 0 unspecified atom stereocenters. The highest BCUT2D eigenvalue weighted by Gasteiger charge is 1.78. The van der Waals surface area contributed by atoms with Gasteiger partial charge in [-0.25, -0.2) is 4.57 Å². The fourth-order valence-electron chi connectivity index (χ4n) is 0.485. The van der Waals surface area contributed by atoms with Gasteiger partial charge in [-0.3, -0.25) is 11.7 Å². The number of rotatable bonds is 0. The first kappa shape index (κ1) is 12.1. The van der Waals surface area contributed by atoms with Crippen molar-refractivity contribution in [1.82, 2.24) is 0 Å². The van der Waals surface area contributed by atoms with E-state index in [9.17, 15) is 0 Å². The fourth-order valence-corrected chi connectivity index (χ4v) is 0.485. The van der Waals surface area contributed by atoms with E-state index in [1.54, 1.807) is 0 Å². The van der Waals surface area contributed by atoms with E-state index in [4.69, 9.17) is 0 Å². The summed E-state index contributed by atoms with van der Waals surface area (Å²) in [5.41, 5.74) is 0. The van der Waals surface area contributed by atoms with Crippen molar-refractivity contribution in [3.05, 3.63) is 30.6 Å². The lowest BCUT2D eigenvalue weighted by Gasteiger charge is -1.77. The van der Waals surface area contributed by atoms with E-state index in [0.717, 1.165) is 0 Å². The van der Waals surface area contributed by atoms with Crippen LogP contribution in [0.2, 0.25) is 0 Å². The summed E-state index contributed by atoms with van der Waals surface area (Å²) in [4.78, 5) is 0. The zero-order valence-electron chi connectivity index (χ0n) is 5.87. The Labute approximate surface area is 67.0 Å². The lowest BCUT2D eigenvalue weighted by Crippen LogP contribution is -3.00. The van der Waals surface area contributed by atoms with Gasteiger partial charge in [0.25, 0.3) is 0 Å². The van der Waals surface area contributed by atoms with E-state index in [-0.39, 0.29) is 12.4 Å². The van der Waals surface area contributed by atoms with E-state index in [1.807, 2.05) is 42.2 Å². The number of aryl methyl sites for hydroxylation is 1. The average Bonchev–Trinajstić information content (AvgIpc) is 1.94. The number of nitrogens with zero attached hydrogens (tertiary/aromatic N) is 1. The molecule has 0 amide bonds. The summed E-state index contributed by atoms with van der Waals surface area (Å²) in [6.07, 6.45) is 4.00. The molecule has 0 saturated carbocycles. The predicted octanol–water partition coefficient (Wildman–Crippen LogP) is -3.67. The lowest BCUT2D eigenvalue weighted by molar-refractivity contribution is -0.671. The van der Waals surface area contributed by atoms with Gasteiger partial charge >= 0.3 is 0 Å². The number of hydrogen-bond donors (Lipinski definition) is 2. The molecule has 0 aliphatic carbocycles. The lowest BCUT2D eigenvalue weighted by atomic mass is 10.5. The van der Waals surface area contributed by atoms with Gasteiger partial charge in [0.15, 0.2) is 12.4 Å². The third-order valence-electron chi connectivity index (χ3n) is 0.865. The summed E-state index contributed by atoms with van der Waals surface area (Å²) in [7, 11) is 2.00. The Morgan fingerprint density at radius 1 is 1.00 bits per heavy atom. The minimum Gasteiger partial charge on any atom is -1.00 e. The molecule has 0 atom stereocenters. The Balaban J connectivity index is 0. The Hall–Kier alpha value is -0.640. The van der Waals surface area contributed by atoms with Crippen molar-refractivity contribution in [2.75, 3.05) is 0 Å². The van der Waals surface area contributed by atoms with Gasteiger partial charge in [0.2, 0.25) is 0 Å². The van der Waals surface area contributed by atoms with Gasteiger partial charge in [-0.2, -0.15) is 0 Å². The molecule has 3 nitrogen and oxygen atoms in total. The smallest absolute Gasteiger partial charge is 0.168 e. The second kappa shape index (κ2) is 8.36. The molecule has 1 aromatic rings. The number of aromatic nitrogens is 1. The molecular formula is C6H12ClN3. The van der Waals surface area contributed by atoms with E-state index in [1.165, 1.54) is 0 Å². The second-order valence-corrected chi connectivity index (χ2v) is 1.54. The van der Waals surface area contributed by atoms with Crippen LogP contribution in [-0.2, 0) is 7.05 Å². The molecule has 4 heteroatoms. The SMILES string of the molecule is C[n+]1ccccc1.NN.[Cl-]. The molecule has 0 aliphatic rings. The van der Waals surface area contributed by atoms with Gasteiger partial charge in [-0.15, -0.1) is 0 Å². The van der Waals surface area contributed by atoms with Crippen LogP contribution < -0.4 is 28.7 Å². The van der Waals surface area contributed by atoms with Crippen molar-refractivity contribution in [2.45, 2.75) is 0 Å². The number of hydrogen-bond acceptors (Lipinski definition) is 2. The van der Waals surface area contributed by atoms with E-state index >= 15 is 0 Å². The highest BCUT2D eigenvalue weighted by Crippen LogP contribution is 1.71. The second-order valence-electron chi connectivity index (χ2n) is 1.54. The molecule has 0 saturated heterocycles. The molecule has 1 heterocycles. The van der Waals surface area contributed by atoms with Crippen molar-refractivity contribution in [3.8, 4) is 0 Å². The van der Waals surface area contributed by atoms with Crippen molar-refractivity contribution in [3.63, 3.8) is 0 Å². The van der Waals surface area contributed by atoms with Crippen molar-refractivity contribution < 1.29 is 17.0 Å². The number of halogens is 1. The minimum absolute atomic E-state index is 0. The molecule has 4 N–H and O–H groups in total. The topological polar surface area (TPSA) is 55.9 Å². The predicted molar refractivity (Wildman–Crippen MR) is 36.0 cm³/mol. The molecule has 1 aromatic heterocycles. The van der Waals surface area contributed by atoms with Gasteiger partial charge in [0.1, 0.15) is 7.05 Å². The van der Waals surface area contributed by atoms with Crippen molar-refractivity contribution >= 4 is 0 Å². The largest absolute Gasteiger partial charge is 1.00 e. The first-order chi connectivity index (χ1) is 4.39. The third kappa shape index (κ3) is 5.50. The summed E-state index contributed by atoms with van der Waals surface area (Å²) < 4.78 is 2.00. The highest BCUT2D eigenvalue weighted by atomic mass is 35.5. The summed E-state index contributed by atoms with van der Waals surface area (Å²) in [5.74, 6) is 8.00. The van der Waals surface area contributed by atoms with E-state index < -0.39 is 0 Å². The van der Waals surface area contributed by atoms with Crippen LogP contribution in [0.4, 0.5) is 0 Å². The Bertz CT molecular complexity index is 143. The van der Waals surface area contributed by atoms with Crippen LogP contribution in [0.1, 0.15) is 0 Å². The quantitative estimate of drug-likeness (QED) is 0.234. The molecular weight excluding hydrogens is 150 g/mol. The van der Waals surface area contributed by atoms with Crippen LogP contribution in [-0.4, -0.2) is 0 Å². The van der Waals surface area contributed by atoms with Crippen LogP contribution in [0.5, 0.6) is 0 Å². The summed E-state index contributed by atoms with van der Waals surface area (Å²) >= 11 is 0. The van der Waals surface area contributed by atoms with Crippen LogP contribution in [0, 0.1) is 0 Å². The summed E-state index contributed by atoms with van der Waals surface area (Å²) in [6, 6.07) is 6.00. The fraction of sp³-hybridized carbons (Fsp3) is 0.167. The average molecular weight is 162 g/mol. The van der Waals surface area contributed by atoms with Gasteiger partial charge < -0.3 is 12.4 Å². The van der Waals surface area contributed by atoms with E-state index in [0.29, 0.717) is 0 Å². The molecule has 0 fully saturated rings. The number of hydrazine groups is 1. The van der Waals surface area contributed by atoms with Crippen LogP contribution in [0.3, 0.4) is 0 Å². The maximum absolute atomic E-state index is 4.00. The number of pyridine rings is 1. The normalized spacial score (nSPS) is 6.70. The van der Waals surface area contributed by atoms with E-state index in [2.05, 4.69) is 11.7 Å². The summed E-state index contributed by atoms with van der Waals surface area (Å²) in [6.45, 7) is 0. The maximum Gasteiger partial charge on any atom is 0.168 e. The first-order valence-corrected chi connectivity index (χ1v) is 2.63. The highest BCUT2D eigenvalue weighted by molar-refractivity contribution is 4.83. The van der Waals surface area contributed by atoms with Crippen LogP contribution in [0.15, 0.2) is 30.6 Å². The Morgan fingerprint density at radius 2 is 1.40 bits per heavy atom. The third-order valence-corrected chi connectivity index (χ3v) is 0.865. The van der Waals surface area contributed by atoms with Crippen molar-refractivity contribution in [1.29, 1.82) is 0 Å². The zero-order valence-corrected chi connectivity index (χ0v) is 6.62. The monoisotopic (exact) mass is 161 g/mol. The maximum atomic E-state index is 4.00. The van der Waals surface area contributed by atoms with Crippen molar-refractivity contribution in [2.24, 2.45) is 18.7 Å². The number of nitrogens with two attached hydrogens (primary N) is 2. The van der Waals surface area contributed by atoms with Crippen LogP contribution >= 0.6 is 0 Å². The molecule has 0 bridgehead atoms. The molecule has 58 valence electrons. The molecule has 0 radical (unpaired) electrons. The zero-order chi connectivity index (χ0) is 7.11. The molecule has 0 spiro atoms. The first-order valence-electron chi connectivity index (χ1n) is 2.63. The summed E-state index contributed by atoms with van der Waals surface area (Å²) in [5, 5.41) is 0. The van der Waals surface area contributed by atoms with Gasteiger partial charge in [0, 0.05) is 12.1 Å². The molecule has 0 aliphatic heterocycles. The Morgan fingerprint density at radius 3 is 1.60 bits per heavy atom. The van der Waals surface area contributed by atoms with Gasteiger partial charge in [-0.1, -0.05) is 6.07 Å².